The van der Waals surface area contributed by atoms with Crippen LogP contribution in [0.3, 0.4) is 0 Å². The molecule has 0 bridgehead atoms. The first-order valence-electron chi connectivity index (χ1n) is 5.75. The predicted octanol–water partition coefficient (Wildman–Crippen LogP) is 3.01. The Kier molecular flexibility index (Phi) is 3.85. The number of halogens is 1. The summed E-state index contributed by atoms with van der Waals surface area (Å²) in [6, 6.07) is 9.00. The van der Waals surface area contributed by atoms with Gasteiger partial charge in [-0.1, -0.05) is 15.9 Å². The Balaban J connectivity index is 2.30. The van der Waals surface area contributed by atoms with E-state index in [1.165, 1.54) is 4.90 Å². The molecular weight excluding hydrogens is 306 g/mol. The number of hydrogen-bond donors (Lipinski definition) is 1. The van der Waals surface area contributed by atoms with E-state index in [2.05, 4.69) is 20.9 Å². The number of nitrogen functional groups attached to an aromatic ring is 1. The van der Waals surface area contributed by atoms with Crippen LogP contribution in [0.15, 0.2) is 41.0 Å². The third-order valence-corrected chi connectivity index (χ3v) is 3.31. The lowest BCUT2D eigenvalue weighted by molar-refractivity contribution is 0.0992. The number of anilines is 2. The molecule has 0 fully saturated rings. The molecule has 2 aromatic rings. The van der Waals surface area contributed by atoms with Crippen LogP contribution >= 0.6 is 15.9 Å². The fraction of sp³-hybridized carbons (Fsp3) is 0.143. The Morgan fingerprint density at radius 3 is 2.63 bits per heavy atom. The van der Waals surface area contributed by atoms with Crippen LogP contribution in [0.1, 0.15) is 16.1 Å². The number of hydrogen-bond acceptors (Lipinski definition) is 3. The van der Waals surface area contributed by atoms with Crippen LogP contribution in [0.25, 0.3) is 0 Å². The smallest absolute Gasteiger partial charge is 0.259 e. The van der Waals surface area contributed by atoms with Crippen LogP contribution in [0.4, 0.5) is 11.4 Å². The van der Waals surface area contributed by atoms with Crippen LogP contribution in [0, 0.1) is 6.92 Å². The number of rotatable bonds is 2. The first-order valence-corrected chi connectivity index (χ1v) is 6.54. The average molecular weight is 320 g/mol. The molecule has 1 aromatic carbocycles. The van der Waals surface area contributed by atoms with E-state index < -0.39 is 0 Å². The van der Waals surface area contributed by atoms with Crippen LogP contribution < -0.4 is 10.6 Å². The van der Waals surface area contributed by atoms with E-state index in [0.717, 1.165) is 10.2 Å². The van der Waals surface area contributed by atoms with Crippen molar-refractivity contribution in [2.75, 3.05) is 17.7 Å². The Morgan fingerprint density at radius 2 is 2.05 bits per heavy atom. The van der Waals surface area contributed by atoms with Gasteiger partial charge in [0.2, 0.25) is 0 Å². The molecule has 0 unspecified atom stereocenters. The van der Waals surface area contributed by atoms with Gasteiger partial charge in [-0.15, -0.1) is 0 Å². The number of nitrogens with zero attached hydrogens (tertiary/aromatic N) is 2. The zero-order chi connectivity index (χ0) is 14.0. The minimum Gasteiger partial charge on any atom is -0.397 e. The van der Waals surface area contributed by atoms with E-state index in [4.69, 9.17) is 5.73 Å². The van der Waals surface area contributed by atoms with Crippen LogP contribution in [0.5, 0.6) is 0 Å². The van der Waals surface area contributed by atoms with E-state index in [9.17, 15) is 4.79 Å². The Hall–Kier alpha value is -1.88. The number of carbonyl (C=O) groups is 1. The van der Waals surface area contributed by atoms with E-state index in [1.54, 1.807) is 31.4 Å². The van der Waals surface area contributed by atoms with Gasteiger partial charge in [0.1, 0.15) is 0 Å². The maximum Gasteiger partial charge on any atom is 0.259 e. The summed E-state index contributed by atoms with van der Waals surface area (Å²) in [7, 11) is 1.70. The second-order valence-corrected chi connectivity index (χ2v) is 5.17. The Labute approximate surface area is 120 Å². The molecule has 0 aliphatic heterocycles. The van der Waals surface area contributed by atoms with Gasteiger partial charge >= 0.3 is 0 Å². The maximum absolute atomic E-state index is 12.3. The van der Waals surface area contributed by atoms with Crippen molar-refractivity contribution in [3.8, 4) is 0 Å². The number of nitrogens with two attached hydrogens (primary N) is 1. The SMILES string of the molecule is Cc1ccc(C(=O)N(C)c2ccc(Br)cc2N)cn1. The summed E-state index contributed by atoms with van der Waals surface area (Å²) < 4.78 is 0.881. The Bertz CT molecular complexity index is 611. The summed E-state index contributed by atoms with van der Waals surface area (Å²) in [6.45, 7) is 1.88. The van der Waals surface area contributed by atoms with E-state index in [-0.39, 0.29) is 5.91 Å². The molecule has 0 saturated heterocycles. The van der Waals surface area contributed by atoms with Crippen molar-refractivity contribution < 1.29 is 4.79 Å². The van der Waals surface area contributed by atoms with Gasteiger partial charge in [0.05, 0.1) is 16.9 Å². The standard InChI is InChI=1S/C14H14BrN3O/c1-9-3-4-10(8-17-9)14(19)18(2)13-6-5-11(15)7-12(13)16/h3-8H,16H2,1-2H3. The van der Waals surface area contributed by atoms with E-state index in [1.807, 2.05) is 19.1 Å². The minimum absolute atomic E-state index is 0.137. The molecule has 1 heterocycles. The predicted molar refractivity (Wildman–Crippen MR) is 80.3 cm³/mol. The highest BCUT2D eigenvalue weighted by Crippen LogP contribution is 2.26. The van der Waals surface area contributed by atoms with Crippen molar-refractivity contribution in [2.24, 2.45) is 0 Å². The highest BCUT2D eigenvalue weighted by atomic mass is 79.9. The first kappa shape index (κ1) is 13.5. The number of aromatic nitrogens is 1. The number of benzene rings is 1. The van der Waals surface area contributed by atoms with Crippen molar-refractivity contribution in [2.45, 2.75) is 6.92 Å². The first-order chi connectivity index (χ1) is 8.99. The quantitative estimate of drug-likeness (QED) is 0.865. The van der Waals surface area contributed by atoms with Crippen molar-refractivity contribution in [3.63, 3.8) is 0 Å². The van der Waals surface area contributed by atoms with E-state index in [0.29, 0.717) is 16.9 Å². The Morgan fingerprint density at radius 1 is 1.32 bits per heavy atom. The lowest BCUT2D eigenvalue weighted by atomic mass is 10.2. The fourth-order valence-electron chi connectivity index (χ4n) is 1.73. The second-order valence-electron chi connectivity index (χ2n) is 4.26. The number of pyridine rings is 1. The van der Waals surface area contributed by atoms with E-state index >= 15 is 0 Å². The molecule has 19 heavy (non-hydrogen) atoms. The highest BCUT2D eigenvalue weighted by Gasteiger charge is 2.15. The molecule has 0 spiro atoms. The van der Waals surface area contributed by atoms with Crippen molar-refractivity contribution in [1.82, 2.24) is 4.98 Å². The molecule has 0 aliphatic carbocycles. The van der Waals surface area contributed by atoms with Gasteiger partial charge in [-0.25, -0.2) is 0 Å². The van der Waals surface area contributed by atoms with Crippen LogP contribution in [0.2, 0.25) is 0 Å². The van der Waals surface area contributed by atoms with Crippen molar-refractivity contribution in [1.29, 1.82) is 0 Å². The number of aryl methyl sites for hydroxylation is 1. The van der Waals surface area contributed by atoms with Crippen molar-refractivity contribution in [3.05, 3.63) is 52.3 Å². The average Bonchev–Trinajstić information content (AvgIpc) is 2.38. The van der Waals surface area contributed by atoms with Crippen molar-refractivity contribution >= 4 is 33.2 Å². The molecule has 4 nitrogen and oxygen atoms in total. The fourth-order valence-corrected chi connectivity index (χ4v) is 2.11. The zero-order valence-electron chi connectivity index (χ0n) is 10.7. The molecule has 0 saturated carbocycles. The summed E-state index contributed by atoms with van der Waals surface area (Å²) in [6.07, 6.45) is 1.57. The topological polar surface area (TPSA) is 59.2 Å². The summed E-state index contributed by atoms with van der Waals surface area (Å²) in [4.78, 5) is 18.0. The van der Waals surface area contributed by atoms with Gasteiger partial charge in [-0.2, -0.15) is 0 Å². The maximum atomic E-state index is 12.3. The zero-order valence-corrected chi connectivity index (χ0v) is 12.3. The largest absolute Gasteiger partial charge is 0.397 e. The number of carbonyl (C=O) groups excluding carboxylic acids is 1. The van der Waals surface area contributed by atoms with Crippen LogP contribution in [-0.2, 0) is 0 Å². The van der Waals surface area contributed by atoms with Gasteiger partial charge < -0.3 is 10.6 Å². The molecule has 0 atom stereocenters. The molecule has 0 radical (unpaired) electrons. The molecular formula is C14H14BrN3O. The molecule has 2 N–H and O–H groups in total. The van der Waals surface area contributed by atoms with Gasteiger partial charge in [-0.3, -0.25) is 9.78 Å². The van der Waals surface area contributed by atoms with Gasteiger partial charge in [0.25, 0.3) is 5.91 Å². The van der Waals surface area contributed by atoms with Gasteiger partial charge in [-0.05, 0) is 37.3 Å². The second kappa shape index (κ2) is 5.40. The molecule has 98 valence electrons. The molecule has 0 aliphatic rings. The molecule has 1 amide bonds. The monoisotopic (exact) mass is 319 g/mol. The van der Waals surface area contributed by atoms with Crippen LogP contribution in [-0.4, -0.2) is 17.9 Å². The minimum atomic E-state index is -0.137. The van der Waals surface area contributed by atoms with Gasteiger partial charge in [0, 0.05) is 23.4 Å². The normalized spacial score (nSPS) is 10.3. The lowest BCUT2D eigenvalue weighted by Crippen LogP contribution is -2.27. The molecule has 5 heteroatoms. The molecule has 1 aromatic heterocycles. The summed E-state index contributed by atoms with van der Waals surface area (Å²) in [5.41, 5.74) is 8.56. The van der Waals surface area contributed by atoms with Gasteiger partial charge in [0.15, 0.2) is 0 Å². The summed E-state index contributed by atoms with van der Waals surface area (Å²) in [5, 5.41) is 0. The lowest BCUT2D eigenvalue weighted by Gasteiger charge is -2.19. The third-order valence-electron chi connectivity index (χ3n) is 2.81. The third kappa shape index (κ3) is 2.93. The summed E-state index contributed by atoms with van der Waals surface area (Å²) in [5.74, 6) is -0.137. The highest BCUT2D eigenvalue weighted by molar-refractivity contribution is 9.10. The molecule has 2 rings (SSSR count). The summed E-state index contributed by atoms with van der Waals surface area (Å²) >= 11 is 3.34. The number of amides is 1.